The molecule has 3 aliphatic rings. The average molecular weight is 379 g/mol. The number of nitrogens with one attached hydrogen (secondary N) is 1. The SMILES string of the molecule is CC1CCN(CC2(NC(=O)[C@@H]3CCCN(CC(N)=O)C3)CCCCC2)CC1. The third-order valence-electron chi connectivity index (χ3n) is 6.86. The van der Waals surface area contributed by atoms with Gasteiger partial charge < -0.3 is 16.0 Å². The Labute approximate surface area is 164 Å². The minimum absolute atomic E-state index is 0.0155. The summed E-state index contributed by atoms with van der Waals surface area (Å²) in [4.78, 5) is 29.0. The molecular formula is C21H38N4O2. The Morgan fingerprint density at radius 3 is 2.37 bits per heavy atom. The molecule has 1 saturated carbocycles. The molecule has 1 atom stereocenters. The standard InChI is InChI=1S/C21H38N4O2/c1-17-7-12-24(13-8-17)16-21(9-3-2-4-10-21)23-20(27)18-6-5-11-25(14-18)15-19(22)26/h17-18H,2-16H2,1H3,(H2,22,26)(H,23,27)/t18-/m1/s1. The summed E-state index contributed by atoms with van der Waals surface area (Å²) >= 11 is 0. The number of carbonyl (C=O) groups excluding carboxylic acids is 2. The zero-order valence-electron chi connectivity index (χ0n) is 17.0. The Morgan fingerprint density at radius 1 is 1.00 bits per heavy atom. The Balaban J connectivity index is 1.59. The van der Waals surface area contributed by atoms with Gasteiger partial charge in [0.2, 0.25) is 11.8 Å². The van der Waals surface area contributed by atoms with Crippen LogP contribution in [0.5, 0.6) is 0 Å². The van der Waals surface area contributed by atoms with Crippen LogP contribution in [0.3, 0.4) is 0 Å². The molecule has 1 aliphatic carbocycles. The van der Waals surface area contributed by atoms with E-state index in [0.29, 0.717) is 6.54 Å². The van der Waals surface area contributed by atoms with E-state index in [-0.39, 0.29) is 29.8 Å². The largest absolute Gasteiger partial charge is 0.369 e. The number of hydrogen-bond acceptors (Lipinski definition) is 4. The van der Waals surface area contributed by atoms with Crippen LogP contribution < -0.4 is 11.1 Å². The van der Waals surface area contributed by atoms with Gasteiger partial charge in [-0.15, -0.1) is 0 Å². The van der Waals surface area contributed by atoms with E-state index in [1.54, 1.807) is 0 Å². The number of nitrogens with zero attached hydrogens (tertiary/aromatic N) is 2. The lowest BCUT2D eigenvalue weighted by Crippen LogP contribution is -2.59. The first-order valence-corrected chi connectivity index (χ1v) is 11.0. The fourth-order valence-corrected chi connectivity index (χ4v) is 5.20. The van der Waals surface area contributed by atoms with E-state index in [2.05, 4.69) is 17.1 Å². The maximum Gasteiger partial charge on any atom is 0.231 e. The Hall–Kier alpha value is -1.14. The molecular weight excluding hydrogens is 340 g/mol. The first-order chi connectivity index (χ1) is 13.0. The van der Waals surface area contributed by atoms with Crippen molar-refractivity contribution >= 4 is 11.8 Å². The van der Waals surface area contributed by atoms with Crippen LogP contribution in [-0.2, 0) is 9.59 Å². The van der Waals surface area contributed by atoms with Gasteiger partial charge in [-0.3, -0.25) is 14.5 Å². The van der Waals surface area contributed by atoms with Crippen LogP contribution >= 0.6 is 0 Å². The monoisotopic (exact) mass is 378 g/mol. The highest BCUT2D eigenvalue weighted by Crippen LogP contribution is 2.31. The molecule has 0 aromatic heterocycles. The van der Waals surface area contributed by atoms with Crippen LogP contribution in [0.15, 0.2) is 0 Å². The number of primary amides is 1. The normalized spacial score (nSPS) is 28.0. The third kappa shape index (κ3) is 5.92. The maximum absolute atomic E-state index is 13.1. The number of nitrogens with two attached hydrogens (primary N) is 1. The van der Waals surface area contributed by atoms with Gasteiger partial charge in [-0.1, -0.05) is 26.2 Å². The molecule has 0 bridgehead atoms. The van der Waals surface area contributed by atoms with Gasteiger partial charge in [0.05, 0.1) is 18.0 Å². The summed E-state index contributed by atoms with van der Waals surface area (Å²) in [6, 6.07) is 0. The van der Waals surface area contributed by atoms with Crippen molar-refractivity contribution < 1.29 is 9.59 Å². The van der Waals surface area contributed by atoms with Gasteiger partial charge in [-0.25, -0.2) is 0 Å². The van der Waals surface area contributed by atoms with Crippen LogP contribution in [-0.4, -0.2) is 66.4 Å². The molecule has 6 nitrogen and oxygen atoms in total. The molecule has 2 aliphatic heterocycles. The van der Waals surface area contributed by atoms with Crippen LogP contribution in [0.1, 0.15) is 64.7 Å². The van der Waals surface area contributed by atoms with Crippen molar-refractivity contribution in [3.8, 4) is 0 Å². The Kier molecular flexibility index (Phi) is 7.15. The third-order valence-corrected chi connectivity index (χ3v) is 6.86. The van der Waals surface area contributed by atoms with Gasteiger partial charge >= 0.3 is 0 Å². The maximum atomic E-state index is 13.1. The van der Waals surface area contributed by atoms with Crippen molar-refractivity contribution in [2.75, 3.05) is 39.3 Å². The molecule has 0 aromatic carbocycles. The van der Waals surface area contributed by atoms with Gasteiger partial charge in [0, 0.05) is 13.1 Å². The molecule has 0 radical (unpaired) electrons. The zero-order valence-corrected chi connectivity index (χ0v) is 17.0. The number of amides is 2. The van der Waals surface area contributed by atoms with Gasteiger partial charge in [-0.2, -0.15) is 0 Å². The van der Waals surface area contributed by atoms with Gasteiger partial charge in [0.25, 0.3) is 0 Å². The zero-order chi connectivity index (χ0) is 19.3. The van der Waals surface area contributed by atoms with E-state index in [1.807, 2.05) is 4.90 Å². The van der Waals surface area contributed by atoms with Crippen LogP contribution in [0, 0.1) is 11.8 Å². The molecule has 0 spiro atoms. The second-order valence-corrected chi connectivity index (χ2v) is 9.33. The lowest BCUT2D eigenvalue weighted by Gasteiger charge is -2.44. The molecule has 2 saturated heterocycles. The summed E-state index contributed by atoms with van der Waals surface area (Å²) in [5.41, 5.74) is 5.29. The molecule has 6 heteroatoms. The van der Waals surface area contributed by atoms with Crippen molar-refractivity contribution in [3.63, 3.8) is 0 Å². The van der Waals surface area contributed by atoms with E-state index < -0.39 is 0 Å². The molecule has 0 aromatic rings. The Bertz CT molecular complexity index is 510. The van der Waals surface area contributed by atoms with Crippen molar-refractivity contribution in [1.29, 1.82) is 0 Å². The van der Waals surface area contributed by atoms with Crippen molar-refractivity contribution in [2.45, 2.75) is 70.3 Å². The van der Waals surface area contributed by atoms with Gasteiger partial charge in [0.15, 0.2) is 0 Å². The van der Waals surface area contributed by atoms with E-state index in [0.717, 1.165) is 57.8 Å². The minimum atomic E-state index is -0.306. The van der Waals surface area contributed by atoms with Crippen molar-refractivity contribution in [2.24, 2.45) is 17.6 Å². The predicted octanol–water partition coefficient (Wildman–Crippen LogP) is 1.73. The summed E-state index contributed by atoms with van der Waals surface area (Å²) < 4.78 is 0. The van der Waals surface area contributed by atoms with E-state index in [9.17, 15) is 9.59 Å². The van der Waals surface area contributed by atoms with Crippen molar-refractivity contribution in [1.82, 2.24) is 15.1 Å². The molecule has 3 fully saturated rings. The summed E-state index contributed by atoms with van der Waals surface area (Å²) in [7, 11) is 0. The molecule has 27 heavy (non-hydrogen) atoms. The van der Waals surface area contributed by atoms with Crippen LogP contribution in [0.25, 0.3) is 0 Å². The van der Waals surface area contributed by atoms with E-state index in [1.165, 1.54) is 32.1 Å². The summed E-state index contributed by atoms with van der Waals surface area (Å²) in [6.45, 7) is 7.46. The number of carbonyl (C=O) groups is 2. The molecule has 2 amide bonds. The lowest BCUT2D eigenvalue weighted by atomic mass is 9.80. The highest BCUT2D eigenvalue weighted by molar-refractivity contribution is 5.80. The number of rotatable bonds is 6. The minimum Gasteiger partial charge on any atom is -0.369 e. The highest BCUT2D eigenvalue weighted by atomic mass is 16.2. The second-order valence-electron chi connectivity index (χ2n) is 9.33. The summed E-state index contributed by atoms with van der Waals surface area (Å²) in [6.07, 6.45) is 10.3. The molecule has 2 heterocycles. The predicted molar refractivity (Wildman–Crippen MR) is 107 cm³/mol. The topological polar surface area (TPSA) is 78.7 Å². The number of likely N-dealkylation sites (tertiary alicyclic amines) is 2. The number of hydrogen-bond donors (Lipinski definition) is 2. The quantitative estimate of drug-likeness (QED) is 0.738. The van der Waals surface area contributed by atoms with Crippen LogP contribution in [0.4, 0.5) is 0 Å². The smallest absolute Gasteiger partial charge is 0.231 e. The average Bonchev–Trinajstić information content (AvgIpc) is 2.64. The lowest BCUT2D eigenvalue weighted by molar-refractivity contribution is -0.130. The number of piperidine rings is 2. The van der Waals surface area contributed by atoms with Gasteiger partial charge in [0.1, 0.15) is 0 Å². The van der Waals surface area contributed by atoms with E-state index >= 15 is 0 Å². The van der Waals surface area contributed by atoms with E-state index in [4.69, 9.17) is 5.73 Å². The highest BCUT2D eigenvalue weighted by Gasteiger charge is 2.38. The fourth-order valence-electron chi connectivity index (χ4n) is 5.20. The molecule has 3 rings (SSSR count). The van der Waals surface area contributed by atoms with Crippen LogP contribution in [0.2, 0.25) is 0 Å². The summed E-state index contributed by atoms with van der Waals surface area (Å²) in [5, 5.41) is 3.51. The molecule has 3 N–H and O–H groups in total. The molecule has 0 unspecified atom stereocenters. The fraction of sp³-hybridized carbons (Fsp3) is 0.905. The van der Waals surface area contributed by atoms with Crippen molar-refractivity contribution in [3.05, 3.63) is 0 Å². The first kappa shape index (κ1) is 20.6. The summed E-state index contributed by atoms with van der Waals surface area (Å²) in [5.74, 6) is 0.700. The first-order valence-electron chi connectivity index (χ1n) is 11.0. The second kappa shape index (κ2) is 9.37. The van der Waals surface area contributed by atoms with Gasteiger partial charge in [-0.05, 0) is 64.1 Å². The Morgan fingerprint density at radius 2 is 1.70 bits per heavy atom. The molecule has 154 valence electrons.